The summed E-state index contributed by atoms with van der Waals surface area (Å²) in [6.07, 6.45) is 0.334. The van der Waals surface area contributed by atoms with Gasteiger partial charge < -0.3 is 10.1 Å². The van der Waals surface area contributed by atoms with Crippen molar-refractivity contribution in [3.05, 3.63) is 34.9 Å². The van der Waals surface area contributed by atoms with Gasteiger partial charge in [0.2, 0.25) is 0 Å². The zero-order valence-corrected chi connectivity index (χ0v) is 11.2. The van der Waals surface area contributed by atoms with E-state index in [0.717, 1.165) is 17.4 Å². The smallest absolute Gasteiger partial charge is 0.407 e. The van der Waals surface area contributed by atoms with Crippen LogP contribution in [0, 0.1) is 6.92 Å². The Bertz CT molecular complexity index is 447. The zero-order chi connectivity index (χ0) is 13.8. The number of carbonyl (C=O) groups excluding carboxylic acids is 2. The van der Waals surface area contributed by atoms with E-state index in [9.17, 15) is 9.59 Å². The van der Waals surface area contributed by atoms with E-state index in [1.807, 2.05) is 33.8 Å². The molecule has 0 aliphatic carbocycles. The Hall–Kier alpha value is -1.84. The van der Waals surface area contributed by atoms with Gasteiger partial charge in [0.15, 0.2) is 0 Å². The Morgan fingerprint density at radius 2 is 2.00 bits per heavy atom. The number of alkyl carbamates (subject to hydrolysis) is 1. The van der Waals surface area contributed by atoms with E-state index in [-0.39, 0.29) is 0 Å². The third-order valence-corrected chi connectivity index (χ3v) is 2.13. The van der Waals surface area contributed by atoms with Crippen LogP contribution in [-0.2, 0) is 11.3 Å². The van der Waals surface area contributed by atoms with E-state index in [4.69, 9.17) is 4.74 Å². The van der Waals surface area contributed by atoms with E-state index in [1.54, 1.807) is 12.1 Å². The molecule has 0 saturated heterocycles. The summed E-state index contributed by atoms with van der Waals surface area (Å²) in [5.41, 5.74) is 1.96. The van der Waals surface area contributed by atoms with Crippen LogP contribution >= 0.6 is 0 Å². The highest BCUT2D eigenvalue weighted by Crippen LogP contribution is 2.09. The number of amides is 1. The summed E-state index contributed by atoms with van der Waals surface area (Å²) in [6, 6.07) is 5.46. The van der Waals surface area contributed by atoms with Crippen LogP contribution in [0.5, 0.6) is 0 Å². The van der Waals surface area contributed by atoms with Crippen LogP contribution in [0.15, 0.2) is 18.2 Å². The van der Waals surface area contributed by atoms with E-state index < -0.39 is 11.7 Å². The number of hydrogen-bond donors (Lipinski definition) is 1. The monoisotopic (exact) mass is 249 g/mol. The van der Waals surface area contributed by atoms with Gasteiger partial charge in [0.05, 0.1) is 0 Å². The molecule has 18 heavy (non-hydrogen) atoms. The number of nitrogens with one attached hydrogen (secondary N) is 1. The number of rotatable bonds is 3. The highest BCUT2D eigenvalue weighted by Gasteiger charge is 2.15. The van der Waals surface area contributed by atoms with Gasteiger partial charge >= 0.3 is 6.09 Å². The van der Waals surface area contributed by atoms with Crippen LogP contribution in [-0.4, -0.2) is 18.0 Å². The lowest BCUT2D eigenvalue weighted by Crippen LogP contribution is -2.32. The second-order valence-electron chi connectivity index (χ2n) is 5.23. The van der Waals surface area contributed by atoms with Crippen molar-refractivity contribution >= 4 is 12.4 Å². The number of aldehydes is 1. The second kappa shape index (κ2) is 5.67. The van der Waals surface area contributed by atoms with Crippen LogP contribution < -0.4 is 5.32 Å². The molecule has 0 fully saturated rings. The Labute approximate surface area is 107 Å². The predicted octanol–water partition coefficient (Wildman–Crippen LogP) is 2.83. The highest BCUT2D eigenvalue weighted by atomic mass is 16.6. The molecule has 0 saturated carbocycles. The van der Waals surface area contributed by atoms with Gasteiger partial charge in [0, 0.05) is 12.1 Å². The Balaban J connectivity index is 2.61. The standard InChI is InChI=1S/C14H19NO3/c1-10-5-11(7-12(6-10)9-16)8-15-13(17)18-14(2,3)4/h5-7,9H,8H2,1-4H3,(H,15,17). The van der Waals surface area contributed by atoms with Crippen molar-refractivity contribution in [3.63, 3.8) is 0 Å². The molecule has 4 nitrogen and oxygen atoms in total. The van der Waals surface area contributed by atoms with Crippen molar-refractivity contribution in [2.45, 2.75) is 39.8 Å². The molecule has 0 radical (unpaired) electrons. The quantitative estimate of drug-likeness (QED) is 0.838. The lowest BCUT2D eigenvalue weighted by molar-refractivity contribution is 0.0523. The average Bonchev–Trinajstić information content (AvgIpc) is 2.23. The molecule has 0 aromatic heterocycles. The lowest BCUT2D eigenvalue weighted by Gasteiger charge is -2.19. The molecule has 0 aliphatic rings. The third-order valence-electron chi connectivity index (χ3n) is 2.13. The first-order valence-electron chi connectivity index (χ1n) is 5.83. The fourth-order valence-corrected chi connectivity index (χ4v) is 1.55. The van der Waals surface area contributed by atoms with E-state index in [0.29, 0.717) is 12.1 Å². The molecule has 0 unspecified atom stereocenters. The summed E-state index contributed by atoms with van der Waals surface area (Å²) in [7, 11) is 0. The van der Waals surface area contributed by atoms with Gasteiger partial charge in [0.1, 0.15) is 11.9 Å². The van der Waals surface area contributed by atoms with E-state index >= 15 is 0 Å². The first-order valence-corrected chi connectivity index (χ1v) is 5.83. The van der Waals surface area contributed by atoms with Crippen LogP contribution in [0.25, 0.3) is 0 Å². The molecule has 1 aromatic carbocycles. The van der Waals surface area contributed by atoms with Gasteiger partial charge in [-0.15, -0.1) is 0 Å². The molecule has 0 bridgehead atoms. The molecule has 0 spiro atoms. The highest BCUT2D eigenvalue weighted by molar-refractivity contribution is 5.75. The molecule has 4 heteroatoms. The fourth-order valence-electron chi connectivity index (χ4n) is 1.55. The molecule has 0 heterocycles. The van der Waals surface area contributed by atoms with Crippen molar-refractivity contribution in [1.82, 2.24) is 5.32 Å². The molecule has 1 N–H and O–H groups in total. The van der Waals surface area contributed by atoms with Crippen molar-refractivity contribution < 1.29 is 14.3 Å². The SMILES string of the molecule is Cc1cc(C=O)cc(CNC(=O)OC(C)(C)C)c1. The maximum absolute atomic E-state index is 11.5. The van der Waals surface area contributed by atoms with Crippen LogP contribution in [0.2, 0.25) is 0 Å². The minimum absolute atomic E-state index is 0.345. The summed E-state index contributed by atoms with van der Waals surface area (Å²) in [5, 5.41) is 2.66. The molecular formula is C14H19NO3. The molecule has 1 rings (SSSR count). The van der Waals surface area contributed by atoms with Crippen LogP contribution in [0.3, 0.4) is 0 Å². The van der Waals surface area contributed by atoms with Crippen molar-refractivity contribution in [2.75, 3.05) is 0 Å². The van der Waals surface area contributed by atoms with E-state index in [2.05, 4.69) is 5.32 Å². The van der Waals surface area contributed by atoms with Crippen LogP contribution in [0.4, 0.5) is 4.79 Å². The molecule has 0 atom stereocenters. The normalized spacial score (nSPS) is 10.9. The van der Waals surface area contributed by atoms with Gasteiger partial charge in [-0.3, -0.25) is 4.79 Å². The summed E-state index contributed by atoms with van der Waals surface area (Å²) in [4.78, 5) is 22.2. The molecule has 0 aliphatic heterocycles. The maximum Gasteiger partial charge on any atom is 0.407 e. The lowest BCUT2D eigenvalue weighted by atomic mass is 10.1. The number of benzene rings is 1. The minimum Gasteiger partial charge on any atom is -0.444 e. The largest absolute Gasteiger partial charge is 0.444 e. The van der Waals surface area contributed by atoms with Gasteiger partial charge in [-0.2, -0.15) is 0 Å². The number of hydrogen-bond acceptors (Lipinski definition) is 3. The van der Waals surface area contributed by atoms with Gasteiger partial charge in [-0.25, -0.2) is 4.79 Å². The Morgan fingerprint density at radius 1 is 1.33 bits per heavy atom. The van der Waals surface area contributed by atoms with Gasteiger partial charge in [-0.1, -0.05) is 11.6 Å². The number of aryl methyl sites for hydroxylation is 1. The molecule has 98 valence electrons. The predicted molar refractivity (Wildman–Crippen MR) is 69.6 cm³/mol. The summed E-state index contributed by atoms with van der Waals surface area (Å²) < 4.78 is 5.13. The molecular weight excluding hydrogens is 230 g/mol. The van der Waals surface area contributed by atoms with Crippen molar-refractivity contribution in [1.29, 1.82) is 0 Å². The molecule has 1 aromatic rings. The van der Waals surface area contributed by atoms with E-state index in [1.165, 1.54) is 0 Å². The van der Waals surface area contributed by atoms with Crippen LogP contribution in [0.1, 0.15) is 42.3 Å². The third kappa shape index (κ3) is 4.99. The average molecular weight is 249 g/mol. The number of ether oxygens (including phenoxy) is 1. The topological polar surface area (TPSA) is 55.4 Å². The second-order valence-corrected chi connectivity index (χ2v) is 5.23. The zero-order valence-electron chi connectivity index (χ0n) is 11.2. The Kier molecular flexibility index (Phi) is 4.48. The summed E-state index contributed by atoms with van der Waals surface area (Å²) >= 11 is 0. The molecule has 1 amide bonds. The summed E-state index contributed by atoms with van der Waals surface area (Å²) in [6.45, 7) is 7.68. The fraction of sp³-hybridized carbons (Fsp3) is 0.429. The summed E-state index contributed by atoms with van der Waals surface area (Å²) in [5.74, 6) is 0. The first kappa shape index (κ1) is 14.2. The minimum atomic E-state index is -0.509. The Morgan fingerprint density at radius 3 is 2.56 bits per heavy atom. The van der Waals surface area contributed by atoms with Gasteiger partial charge in [0.25, 0.3) is 0 Å². The van der Waals surface area contributed by atoms with Gasteiger partial charge in [-0.05, 0) is 45.4 Å². The first-order chi connectivity index (χ1) is 8.30. The van der Waals surface area contributed by atoms with Crippen molar-refractivity contribution in [2.24, 2.45) is 0 Å². The van der Waals surface area contributed by atoms with Crippen molar-refractivity contribution in [3.8, 4) is 0 Å². The maximum atomic E-state index is 11.5. The number of carbonyl (C=O) groups is 2.